The predicted molar refractivity (Wildman–Crippen MR) is 118 cm³/mol. The van der Waals surface area contributed by atoms with E-state index in [0.29, 0.717) is 17.3 Å². The topological polar surface area (TPSA) is 135 Å². The van der Waals surface area contributed by atoms with E-state index < -0.39 is 29.7 Å². The maximum Gasteiger partial charge on any atom is 0.309 e. The lowest BCUT2D eigenvalue weighted by molar-refractivity contribution is -0.179. The lowest BCUT2D eigenvalue weighted by atomic mass is 9.95. The van der Waals surface area contributed by atoms with Crippen LogP contribution in [0.4, 0.5) is 20.4 Å². The molecule has 5 heterocycles. The monoisotopic (exact) mass is 482 g/mol. The van der Waals surface area contributed by atoms with Crippen molar-refractivity contribution >= 4 is 17.5 Å². The van der Waals surface area contributed by atoms with Crippen molar-refractivity contribution in [3.05, 3.63) is 54.2 Å². The molecule has 11 nitrogen and oxygen atoms in total. The normalized spacial score (nSPS) is 19.4. The Labute approximate surface area is 197 Å². The third-order valence-corrected chi connectivity index (χ3v) is 5.90. The van der Waals surface area contributed by atoms with Crippen molar-refractivity contribution in [2.24, 2.45) is 7.05 Å². The zero-order chi connectivity index (χ0) is 25.0. The van der Waals surface area contributed by atoms with Crippen LogP contribution in [0.5, 0.6) is 0 Å². The van der Waals surface area contributed by atoms with Gasteiger partial charge in [0, 0.05) is 26.4 Å². The van der Waals surface area contributed by atoms with E-state index in [2.05, 4.69) is 30.5 Å². The van der Waals surface area contributed by atoms with Crippen LogP contribution in [-0.2, 0) is 17.4 Å². The maximum atomic E-state index is 14.5. The van der Waals surface area contributed by atoms with E-state index in [0.717, 1.165) is 22.3 Å². The average Bonchev–Trinajstić information content (AvgIpc) is 3.50. The smallest absolute Gasteiger partial charge is 0.309 e. The minimum Gasteiger partial charge on any atom is -0.368 e. The van der Waals surface area contributed by atoms with Crippen LogP contribution in [0.2, 0.25) is 0 Å². The lowest BCUT2D eigenvalue weighted by Gasteiger charge is -2.22. The van der Waals surface area contributed by atoms with Crippen molar-refractivity contribution in [3.63, 3.8) is 0 Å². The number of halogens is 2. The minimum atomic E-state index is -3.75. The number of carbonyl (C=O) groups excluding carboxylic acids is 1. The maximum absolute atomic E-state index is 14.5. The first kappa shape index (κ1) is 22.5. The molecule has 1 aliphatic rings. The average molecular weight is 482 g/mol. The predicted octanol–water partition coefficient (Wildman–Crippen LogP) is 2.27. The number of nitrogens with zero attached hydrogens (tertiary/aromatic N) is 7. The molecule has 0 saturated carbocycles. The van der Waals surface area contributed by atoms with Gasteiger partial charge in [-0.2, -0.15) is 5.10 Å². The number of aromatic nitrogens is 6. The lowest BCUT2D eigenvalue weighted by Crippen LogP contribution is -2.46. The van der Waals surface area contributed by atoms with Gasteiger partial charge in [0.15, 0.2) is 5.76 Å². The molecule has 0 spiro atoms. The third-order valence-electron chi connectivity index (χ3n) is 5.90. The molecule has 1 amide bonds. The van der Waals surface area contributed by atoms with Crippen LogP contribution in [0.25, 0.3) is 22.8 Å². The minimum absolute atomic E-state index is 0.0758. The number of carbonyl (C=O) groups is 1. The van der Waals surface area contributed by atoms with Crippen LogP contribution in [0, 0.1) is 6.92 Å². The zero-order valence-corrected chi connectivity index (χ0v) is 18.9. The van der Waals surface area contributed by atoms with Crippen LogP contribution in [0.15, 0.2) is 47.2 Å². The molecule has 4 aromatic rings. The molecule has 1 atom stereocenters. The van der Waals surface area contributed by atoms with Gasteiger partial charge in [-0.3, -0.25) is 9.48 Å². The quantitative estimate of drug-likeness (QED) is 0.439. The van der Waals surface area contributed by atoms with Crippen molar-refractivity contribution in [1.29, 1.82) is 0 Å². The number of likely N-dealkylation sites (N-methyl/N-ethyl adjacent to an activating group) is 1. The SMILES string of the molecule is Cc1c(Nc2nccc(-c3cccc(-c4cc(C5(O)C(=O)N(C)CC5(F)F)on4)n3)n2)cnn1C. The third kappa shape index (κ3) is 3.60. The van der Waals surface area contributed by atoms with E-state index in [1.807, 2.05) is 14.0 Å². The van der Waals surface area contributed by atoms with Gasteiger partial charge in [-0.05, 0) is 25.1 Å². The number of nitrogens with one attached hydrogen (secondary N) is 1. The summed E-state index contributed by atoms with van der Waals surface area (Å²) in [5.74, 6) is -5.24. The number of hydrogen-bond donors (Lipinski definition) is 2. The van der Waals surface area contributed by atoms with Gasteiger partial charge in [0.05, 0.1) is 41.2 Å². The Balaban J connectivity index is 1.45. The second kappa shape index (κ2) is 7.91. The van der Waals surface area contributed by atoms with E-state index in [9.17, 15) is 18.7 Å². The fourth-order valence-corrected chi connectivity index (χ4v) is 3.79. The highest BCUT2D eigenvalue weighted by atomic mass is 19.3. The van der Waals surface area contributed by atoms with E-state index in [1.54, 1.807) is 41.3 Å². The van der Waals surface area contributed by atoms with Crippen LogP contribution in [0.3, 0.4) is 0 Å². The second-order valence-electron chi connectivity index (χ2n) is 8.22. The number of amides is 1. The first-order valence-electron chi connectivity index (χ1n) is 10.5. The number of rotatable bonds is 5. The molecular formula is C22H20F2N8O3. The molecule has 1 fully saturated rings. The molecule has 35 heavy (non-hydrogen) atoms. The molecule has 180 valence electrons. The number of aryl methyl sites for hydroxylation is 1. The largest absolute Gasteiger partial charge is 0.368 e. The number of alkyl halides is 2. The summed E-state index contributed by atoms with van der Waals surface area (Å²) >= 11 is 0. The summed E-state index contributed by atoms with van der Waals surface area (Å²) in [6.45, 7) is 0.967. The van der Waals surface area contributed by atoms with Crippen molar-refractivity contribution in [2.75, 3.05) is 18.9 Å². The van der Waals surface area contributed by atoms with E-state index in [1.165, 1.54) is 7.05 Å². The highest BCUT2D eigenvalue weighted by molar-refractivity contribution is 5.89. The molecule has 0 radical (unpaired) electrons. The molecule has 1 unspecified atom stereocenters. The molecule has 4 aromatic heterocycles. The Hall–Kier alpha value is -4.26. The van der Waals surface area contributed by atoms with Gasteiger partial charge in [-0.1, -0.05) is 11.2 Å². The molecule has 5 rings (SSSR count). The molecule has 13 heteroatoms. The number of aliphatic hydroxyl groups is 1. The Morgan fingerprint density at radius 1 is 1.11 bits per heavy atom. The highest BCUT2D eigenvalue weighted by Gasteiger charge is 2.68. The van der Waals surface area contributed by atoms with Crippen molar-refractivity contribution in [1.82, 2.24) is 34.8 Å². The second-order valence-corrected chi connectivity index (χ2v) is 8.22. The van der Waals surface area contributed by atoms with Gasteiger partial charge in [0.1, 0.15) is 5.69 Å². The van der Waals surface area contributed by atoms with E-state index in [-0.39, 0.29) is 11.4 Å². The summed E-state index contributed by atoms with van der Waals surface area (Å²) in [4.78, 5) is 26.2. The van der Waals surface area contributed by atoms with Gasteiger partial charge in [-0.25, -0.2) is 23.7 Å². The summed E-state index contributed by atoms with van der Waals surface area (Å²) in [5, 5.41) is 21.6. The molecule has 2 N–H and O–H groups in total. The number of likely N-dealkylation sites (tertiary alicyclic amines) is 1. The standard InChI is InChI=1S/C22H20F2N8O3/c1-12-17(10-26-32(12)3)29-20-25-8-7-15(28-20)13-5-4-6-14(27-13)16-9-18(35-30-16)22(34)19(33)31(2)11-21(22,23)24/h4-10,34H,11H2,1-3H3,(H,25,28,29). The van der Waals surface area contributed by atoms with Crippen molar-refractivity contribution in [3.8, 4) is 22.8 Å². The molecule has 0 aliphatic carbocycles. The number of hydrogen-bond acceptors (Lipinski definition) is 9. The zero-order valence-electron chi connectivity index (χ0n) is 18.9. The van der Waals surface area contributed by atoms with Gasteiger partial charge >= 0.3 is 5.92 Å². The first-order chi connectivity index (χ1) is 16.6. The Morgan fingerprint density at radius 3 is 2.49 bits per heavy atom. The van der Waals surface area contributed by atoms with Crippen molar-refractivity contribution < 1.29 is 23.2 Å². The van der Waals surface area contributed by atoms with Crippen LogP contribution in [0.1, 0.15) is 11.5 Å². The Bertz CT molecular complexity index is 1440. The van der Waals surface area contributed by atoms with Crippen LogP contribution >= 0.6 is 0 Å². The molecule has 1 aliphatic heterocycles. The van der Waals surface area contributed by atoms with Crippen LogP contribution in [-0.4, -0.2) is 65.3 Å². The highest BCUT2D eigenvalue weighted by Crippen LogP contribution is 2.45. The van der Waals surface area contributed by atoms with Crippen molar-refractivity contribution in [2.45, 2.75) is 18.4 Å². The fourth-order valence-electron chi connectivity index (χ4n) is 3.79. The summed E-state index contributed by atoms with van der Waals surface area (Å²) < 4.78 is 35.6. The summed E-state index contributed by atoms with van der Waals surface area (Å²) in [6, 6.07) is 7.75. The van der Waals surface area contributed by atoms with E-state index >= 15 is 0 Å². The van der Waals surface area contributed by atoms with Gasteiger partial charge < -0.3 is 19.8 Å². The summed E-state index contributed by atoms with van der Waals surface area (Å²) in [5.41, 5.74) is -0.175. The molecule has 0 aromatic carbocycles. The summed E-state index contributed by atoms with van der Waals surface area (Å²) in [7, 11) is 3.00. The Kier molecular flexibility index (Phi) is 5.09. The fraction of sp³-hybridized carbons (Fsp3) is 0.273. The first-order valence-corrected chi connectivity index (χ1v) is 10.5. The molecule has 1 saturated heterocycles. The Morgan fingerprint density at radius 2 is 1.83 bits per heavy atom. The number of anilines is 2. The van der Waals surface area contributed by atoms with Gasteiger partial charge in [0.25, 0.3) is 11.5 Å². The summed E-state index contributed by atoms with van der Waals surface area (Å²) in [6.07, 6.45) is 3.23. The molecule has 0 bridgehead atoms. The molecular weight excluding hydrogens is 462 g/mol. The number of pyridine rings is 1. The van der Waals surface area contributed by atoms with Gasteiger partial charge in [0.2, 0.25) is 5.95 Å². The van der Waals surface area contributed by atoms with Crippen LogP contribution < -0.4 is 5.32 Å². The van der Waals surface area contributed by atoms with Gasteiger partial charge in [-0.15, -0.1) is 0 Å². The van der Waals surface area contributed by atoms with E-state index in [4.69, 9.17) is 4.52 Å².